The van der Waals surface area contributed by atoms with Crippen LogP contribution in [0.3, 0.4) is 0 Å². The summed E-state index contributed by atoms with van der Waals surface area (Å²) in [6.07, 6.45) is 12.2. The van der Waals surface area contributed by atoms with Crippen LogP contribution in [0.4, 0.5) is 10.5 Å². The second kappa shape index (κ2) is 18.3. The third kappa shape index (κ3) is 10.9. The minimum Gasteiger partial charge on any atom is -0.443 e. The Morgan fingerprint density at radius 3 is 2.58 bits per heavy atom. The number of thiazole rings is 1. The lowest BCUT2D eigenvalue weighted by Crippen LogP contribution is -2.35. The van der Waals surface area contributed by atoms with E-state index in [4.69, 9.17) is 9.99 Å². The second-order valence-electron chi connectivity index (χ2n) is 13.4. The average Bonchev–Trinajstić information content (AvgIpc) is 3.77. The quantitative estimate of drug-likeness (QED) is 0.0360. The Hall–Kier alpha value is -3.15. The molecule has 2 heterocycles. The topological polar surface area (TPSA) is 130 Å². The van der Waals surface area contributed by atoms with Gasteiger partial charge in [-0.3, -0.25) is 9.45 Å². The van der Waals surface area contributed by atoms with E-state index in [0.29, 0.717) is 25.1 Å². The molecule has 11 nitrogen and oxygen atoms in total. The maximum absolute atomic E-state index is 13.5. The van der Waals surface area contributed by atoms with Gasteiger partial charge in [-0.2, -0.15) is 13.0 Å². The summed E-state index contributed by atoms with van der Waals surface area (Å²) in [5.41, 5.74) is 4.42. The Morgan fingerprint density at radius 2 is 1.81 bits per heavy atom. The minimum absolute atomic E-state index is 0.266. The summed E-state index contributed by atoms with van der Waals surface area (Å²) in [7, 11) is -2.25. The normalized spacial score (nSPS) is 16.6. The number of hydrogen-bond donors (Lipinski definition) is 2. The minimum atomic E-state index is -4.01. The Kier molecular flexibility index (Phi) is 14.1. The van der Waals surface area contributed by atoms with Crippen molar-refractivity contribution in [3.8, 4) is 0 Å². The number of hydrogen-bond acceptors (Lipinski definition) is 11. The van der Waals surface area contributed by atoms with Crippen LogP contribution in [-0.4, -0.2) is 59.9 Å². The monoisotopic (exact) mass is 788 g/mol. The van der Waals surface area contributed by atoms with Gasteiger partial charge >= 0.3 is 6.09 Å². The van der Waals surface area contributed by atoms with Crippen molar-refractivity contribution in [1.29, 1.82) is 0 Å². The molecule has 0 saturated carbocycles. The first-order valence-electron chi connectivity index (χ1n) is 17.1. The van der Waals surface area contributed by atoms with E-state index in [0.717, 1.165) is 87.1 Å². The highest BCUT2D eigenvalue weighted by molar-refractivity contribution is 8.03. The molecule has 1 amide bonds. The van der Waals surface area contributed by atoms with E-state index in [1.807, 2.05) is 45.0 Å². The van der Waals surface area contributed by atoms with Crippen LogP contribution in [0.25, 0.3) is 16.3 Å². The van der Waals surface area contributed by atoms with Crippen molar-refractivity contribution in [2.75, 3.05) is 30.0 Å². The number of fused-ring (bicyclic) bond motifs is 2. The Bertz CT molecular complexity index is 1960. The SMILES string of the molecule is CN(C(=O)OC(C)(C)C)C1=C(C=Cc2sc3ccccc3[n+]2CCCCS(=O)(=O)O)CCC1=CC=C1Sc2ccccc2N1CCCCSOOO. The molecular weight excluding hydrogens is 743 g/mol. The van der Waals surface area contributed by atoms with Gasteiger partial charge in [0.05, 0.1) is 22.2 Å². The standard InChI is InChI=1S/C37H45N3O8S4/c1-37(2,3)46-36(41)38(4)35-27(19-21-33-39(23-9-11-25-49-48-47-42)29-13-5-7-15-31(29)50-33)17-18-28(35)20-22-34-40(24-10-12-26-52(43,44)45)30-14-6-8-16-32(30)51-34/h5-8,13-16,19-22H,9-12,17-18,23-26H2,1-4H3,(H-,42,43,44,45)/p+1. The number of anilines is 1. The Balaban J connectivity index is 1.45. The van der Waals surface area contributed by atoms with Crippen molar-refractivity contribution in [3.05, 3.63) is 93.6 Å². The van der Waals surface area contributed by atoms with Crippen LogP contribution in [0.2, 0.25) is 0 Å². The molecule has 280 valence electrons. The number of thioether (sulfide) groups is 1. The van der Waals surface area contributed by atoms with E-state index in [-0.39, 0.29) is 5.75 Å². The van der Waals surface area contributed by atoms with Crippen LogP contribution in [0.5, 0.6) is 0 Å². The zero-order chi connectivity index (χ0) is 37.3. The van der Waals surface area contributed by atoms with Crippen molar-refractivity contribution in [3.63, 3.8) is 0 Å². The zero-order valence-corrected chi connectivity index (χ0v) is 33.1. The summed E-state index contributed by atoms with van der Waals surface area (Å²) < 4.78 is 45.4. The first-order valence-corrected chi connectivity index (χ1v) is 21.3. The molecule has 0 fully saturated rings. The summed E-state index contributed by atoms with van der Waals surface area (Å²) in [5, 5.41) is 14.2. The van der Waals surface area contributed by atoms with Gasteiger partial charge in [-0.05, 0) is 94.4 Å². The number of aryl methyl sites for hydroxylation is 1. The first kappa shape index (κ1) is 40.0. The fourth-order valence-electron chi connectivity index (χ4n) is 6.09. The Labute approximate surface area is 318 Å². The number of unbranched alkanes of at least 4 members (excludes halogenated alkanes) is 2. The molecule has 0 unspecified atom stereocenters. The number of carbonyl (C=O) groups is 1. The molecule has 1 aliphatic carbocycles. The molecule has 52 heavy (non-hydrogen) atoms. The number of likely N-dealkylation sites (N-methyl/N-ethyl adjacent to an activating group) is 1. The van der Waals surface area contributed by atoms with Gasteiger partial charge in [-0.25, -0.2) is 10.1 Å². The number of allylic oxidation sites excluding steroid dienone is 5. The molecule has 3 aromatic rings. The van der Waals surface area contributed by atoms with Gasteiger partial charge in [0.25, 0.3) is 15.1 Å². The van der Waals surface area contributed by atoms with Gasteiger partial charge in [0.1, 0.15) is 10.3 Å². The molecule has 15 heteroatoms. The summed E-state index contributed by atoms with van der Waals surface area (Å²) in [4.78, 5) is 18.6. The zero-order valence-electron chi connectivity index (χ0n) is 29.8. The molecule has 1 aliphatic heterocycles. The highest BCUT2D eigenvalue weighted by atomic mass is 32.2. The van der Waals surface area contributed by atoms with Crippen molar-refractivity contribution < 1.29 is 41.7 Å². The van der Waals surface area contributed by atoms with E-state index < -0.39 is 21.8 Å². The van der Waals surface area contributed by atoms with Gasteiger partial charge in [-0.1, -0.05) is 58.5 Å². The fourth-order valence-corrected chi connectivity index (χ4v) is 9.27. The van der Waals surface area contributed by atoms with E-state index >= 15 is 0 Å². The molecule has 0 spiro atoms. The van der Waals surface area contributed by atoms with Crippen LogP contribution in [-0.2, 0) is 30.8 Å². The molecule has 0 saturated heterocycles. The van der Waals surface area contributed by atoms with Crippen LogP contribution in [0.15, 0.2) is 93.5 Å². The largest absolute Gasteiger partial charge is 0.443 e. The van der Waals surface area contributed by atoms with Crippen LogP contribution >= 0.6 is 35.1 Å². The number of benzene rings is 2. The molecule has 2 aliphatic rings. The van der Waals surface area contributed by atoms with Gasteiger partial charge in [0.15, 0.2) is 6.54 Å². The fraction of sp³-hybridized carbons (Fsp3) is 0.405. The number of amides is 1. The number of ether oxygens (including phenoxy) is 1. The number of rotatable bonds is 16. The van der Waals surface area contributed by atoms with Crippen molar-refractivity contribution in [1.82, 2.24) is 4.90 Å². The van der Waals surface area contributed by atoms with Crippen molar-refractivity contribution in [2.24, 2.45) is 0 Å². The molecule has 2 N–H and O–H groups in total. The van der Waals surface area contributed by atoms with Crippen LogP contribution in [0.1, 0.15) is 64.3 Å². The smallest absolute Gasteiger partial charge is 0.414 e. The predicted molar refractivity (Wildman–Crippen MR) is 209 cm³/mol. The number of nitrogens with zero attached hydrogens (tertiary/aromatic N) is 3. The highest BCUT2D eigenvalue weighted by Gasteiger charge is 2.30. The van der Waals surface area contributed by atoms with Gasteiger partial charge in [0.2, 0.25) is 5.52 Å². The van der Waals surface area contributed by atoms with Gasteiger partial charge in [0, 0.05) is 54.8 Å². The molecule has 0 atom stereocenters. The molecule has 5 rings (SSSR count). The number of aromatic nitrogens is 1. The molecule has 1 aromatic heterocycles. The number of para-hydroxylation sites is 2. The maximum atomic E-state index is 13.5. The molecule has 0 bridgehead atoms. The van der Waals surface area contributed by atoms with Crippen molar-refractivity contribution in [2.45, 2.75) is 76.3 Å². The van der Waals surface area contributed by atoms with E-state index in [9.17, 15) is 17.8 Å². The molecular formula is C37H46N3O8S4+. The second-order valence-corrected chi connectivity index (χ2v) is 17.9. The summed E-state index contributed by atoms with van der Waals surface area (Å²) in [6.45, 7) is 6.97. The van der Waals surface area contributed by atoms with Gasteiger partial charge in [-0.15, -0.1) is 4.33 Å². The van der Waals surface area contributed by atoms with E-state index in [1.54, 1.807) is 35.0 Å². The lowest BCUT2D eigenvalue weighted by Gasteiger charge is -2.26. The summed E-state index contributed by atoms with van der Waals surface area (Å²) >= 11 is 4.44. The lowest BCUT2D eigenvalue weighted by molar-refractivity contribution is -0.669. The van der Waals surface area contributed by atoms with E-state index in [1.165, 1.54) is 4.90 Å². The Morgan fingerprint density at radius 1 is 1.04 bits per heavy atom. The third-order valence-electron chi connectivity index (χ3n) is 8.37. The maximum Gasteiger partial charge on any atom is 0.414 e. The van der Waals surface area contributed by atoms with Gasteiger partial charge < -0.3 is 9.64 Å². The average molecular weight is 789 g/mol. The first-order chi connectivity index (χ1) is 24.8. The lowest BCUT2D eigenvalue weighted by atomic mass is 10.1. The summed E-state index contributed by atoms with van der Waals surface area (Å²) in [5.74, 6) is 0.417. The summed E-state index contributed by atoms with van der Waals surface area (Å²) in [6, 6.07) is 16.4. The number of carbonyl (C=O) groups excluding carboxylic acids is 1. The molecule has 0 radical (unpaired) electrons. The molecule has 2 aromatic carbocycles. The van der Waals surface area contributed by atoms with Crippen LogP contribution < -0.4 is 9.47 Å². The highest BCUT2D eigenvalue weighted by Crippen LogP contribution is 2.46. The predicted octanol–water partition coefficient (Wildman–Crippen LogP) is 9.01. The third-order valence-corrected chi connectivity index (χ3v) is 12.1. The van der Waals surface area contributed by atoms with E-state index in [2.05, 4.69) is 67.4 Å². The van der Waals surface area contributed by atoms with Crippen LogP contribution in [0, 0.1) is 0 Å². The van der Waals surface area contributed by atoms with Crippen molar-refractivity contribution >= 4 is 73.3 Å².